The Morgan fingerprint density at radius 3 is 2.68 bits per heavy atom. The highest BCUT2D eigenvalue weighted by Crippen LogP contribution is 2.20. The van der Waals surface area contributed by atoms with Crippen LogP contribution in [0.15, 0.2) is 42.5 Å². The van der Waals surface area contributed by atoms with Crippen LogP contribution in [0, 0.1) is 0 Å². The van der Waals surface area contributed by atoms with Crippen molar-refractivity contribution < 1.29 is 4.79 Å². The van der Waals surface area contributed by atoms with Crippen LogP contribution < -0.4 is 15.5 Å². The van der Waals surface area contributed by atoms with E-state index in [2.05, 4.69) is 15.6 Å². The molecule has 0 bridgehead atoms. The number of anilines is 3. The molecule has 1 aromatic carbocycles. The highest BCUT2D eigenvalue weighted by atomic mass is 16.1. The summed E-state index contributed by atoms with van der Waals surface area (Å²) in [5.41, 5.74) is 2.45. The molecule has 2 rings (SSSR count). The van der Waals surface area contributed by atoms with Crippen molar-refractivity contribution in [1.29, 1.82) is 0 Å². The van der Waals surface area contributed by atoms with Gasteiger partial charge in [-0.1, -0.05) is 19.1 Å². The van der Waals surface area contributed by atoms with Gasteiger partial charge in [-0.3, -0.25) is 4.79 Å². The van der Waals surface area contributed by atoms with Crippen molar-refractivity contribution in [3.05, 3.63) is 48.2 Å². The lowest BCUT2D eigenvalue weighted by Crippen LogP contribution is -2.25. The Balaban J connectivity index is 2.13. The number of pyridine rings is 1. The van der Waals surface area contributed by atoms with Crippen LogP contribution in [0.3, 0.4) is 0 Å². The molecule has 1 aromatic heterocycles. The number of aromatic nitrogens is 1. The van der Waals surface area contributed by atoms with Gasteiger partial charge in [0.1, 0.15) is 11.5 Å². The number of carbonyl (C=O) groups is 1. The number of benzene rings is 1. The molecule has 1 heterocycles. The molecule has 0 radical (unpaired) electrons. The van der Waals surface area contributed by atoms with Gasteiger partial charge < -0.3 is 15.5 Å². The standard InChI is InChI=1S/C17H22N4O/c1-4-11-18-17(22)15-9-6-10-16(20-15)19-13-7-5-8-14(12-13)21(2)3/h5-10,12H,4,11H2,1-3H3,(H,18,22)(H,19,20). The fourth-order valence-electron chi connectivity index (χ4n) is 1.97. The van der Waals surface area contributed by atoms with Crippen molar-refractivity contribution in [3.63, 3.8) is 0 Å². The Morgan fingerprint density at radius 1 is 1.18 bits per heavy atom. The largest absolute Gasteiger partial charge is 0.378 e. The normalized spacial score (nSPS) is 10.1. The second-order valence-corrected chi connectivity index (χ2v) is 5.23. The van der Waals surface area contributed by atoms with Gasteiger partial charge in [-0.2, -0.15) is 0 Å². The van der Waals surface area contributed by atoms with Crippen LogP contribution in [0.5, 0.6) is 0 Å². The molecule has 0 atom stereocenters. The summed E-state index contributed by atoms with van der Waals surface area (Å²) in [7, 11) is 3.99. The Labute approximate surface area is 131 Å². The quantitative estimate of drug-likeness (QED) is 0.860. The first-order chi connectivity index (χ1) is 10.6. The monoisotopic (exact) mass is 298 g/mol. The van der Waals surface area contributed by atoms with Crippen LogP contribution in [-0.2, 0) is 0 Å². The van der Waals surface area contributed by atoms with E-state index in [1.807, 2.05) is 62.3 Å². The number of hydrogen-bond donors (Lipinski definition) is 2. The minimum atomic E-state index is -0.146. The Bertz CT molecular complexity index is 640. The van der Waals surface area contributed by atoms with E-state index in [1.165, 1.54) is 0 Å². The molecule has 0 aliphatic carbocycles. The number of amides is 1. The molecule has 0 saturated heterocycles. The van der Waals surface area contributed by atoms with Gasteiger partial charge in [0.15, 0.2) is 0 Å². The van der Waals surface area contributed by atoms with E-state index in [0.29, 0.717) is 18.1 Å². The smallest absolute Gasteiger partial charge is 0.269 e. The zero-order valence-corrected chi connectivity index (χ0v) is 13.3. The van der Waals surface area contributed by atoms with Gasteiger partial charge in [0.25, 0.3) is 5.91 Å². The summed E-state index contributed by atoms with van der Waals surface area (Å²) in [4.78, 5) is 18.3. The van der Waals surface area contributed by atoms with E-state index < -0.39 is 0 Å². The summed E-state index contributed by atoms with van der Waals surface area (Å²) in [5.74, 6) is 0.507. The van der Waals surface area contributed by atoms with Crippen molar-refractivity contribution in [3.8, 4) is 0 Å². The van der Waals surface area contributed by atoms with E-state index in [1.54, 1.807) is 6.07 Å². The predicted molar refractivity (Wildman–Crippen MR) is 90.9 cm³/mol. The second-order valence-electron chi connectivity index (χ2n) is 5.23. The Kier molecular flexibility index (Phi) is 5.36. The Hall–Kier alpha value is -2.56. The van der Waals surface area contributed by atoms with E-state index in [9.17, 15) is 4.79 Å². The van der Waals surface area contributed by atoms with Gasteiger partial charge in [0, 0.05) is 32.0 Å². The highest BCUT2D eigenvalue weighted by molar-refractivity contribution is 5.92. The zero-order valence-electron chi connectivity index (χ0n) is 13.3. The molecular weight excluding hydrogens is 276 g/mol. The summed E-state index contributed by atoms with van der Waals surface area (Å²) in [6.07, 6.45) is 0.904. The van der Waals surface area contributed by atoms with Crippen molar-refractivity contribution in [1.82, 2.24) is 10.3 Å². The van der Waals surface area contributed by atoms with E-state index in [-0.39, 0.29) is 5.91 Å². The van der Waals surface area contributed by atoms with E-state index >= 15 is 0 Å². The van der Waals surface area contributed by atoms with Crippen LogP contribution in [-0.4, -0.2) is 31.5 Å². The molecule has 0 aliphatic rings. The lowest BCUT2D eigenvalue weighted by Gasteiger charge is -2.14. The summed E-state index contributed by atoms with van der Waals surface area (Å²) in [5, 5.41) is 6.06. The number of nitrogens with one attached hydrogen (secondary N) is 2. The molecule has 2 aromatic rings. The SMILES string of the molecule is CCCNC(=O)c1cccc(Nc2cccc(N(C)C)c2)n1. The molecule has 0 spiro atoms. The molecule has 1 amide bonds. The van der Waals surface area contributed by atoms with Gasteiger partial charge in [-0.25, -0.2) is 4.98 Å². The third-order valence-electron chi connectivity index (χ3n) is 3.15. The van der Waals surface area contributed by atoms with Gasteiger partial charge in [-0.05, 0) is 36.8 Å². The van der Waals surface area contributed by atoms with Crippen molar-refractivity contribution >= 4 is 23.1 Å². The number of hydrogen-bond acceptors (Lipinski definition) is 4. The maximum atomic E-state index is 11.9. The van der Waals surface area contributed by atoms with E-state index in [0.717, 1.165) is 17.8 Å². The number of nitrogens with zero attached hydrogens (tertiary/aromatic N) is 2. The third-order valence-corrected chi connectivity index (χ3v) is 3.15. The van der Waals surface area contributed by atoms with Crippen molar-refractivity contribution in [2.45, 2.75) is 13.3 Å². The van der Waals surface area contributed by atoms with Gasteiger partial charge >= 0.3 is 0 Å². The summed E-state index contributed by atoms with van der Waals surface area (Å²) < 4.78 is 0. The maximum Gasteiger partial charge on any atom is 0.269 e. The first kappa shape index (κ1) is 15.8. The van der Waals surface area contributed by atoms with Crippen LogP contribution in [0.2, 0.25) is 0 Å². The molecule has 5 nitrogen and oxygen atoms in total. The second kappa shape index (κ2) is 7.45. The molecule has 0 fully saturated rings. The molecular formula is C17H22N4O. The average molecular weight is 298 g/mol. The third kappa shape index (κ3) is 4.22. The predicted octanol–water partition coefficient (Wildman–Crippen LogP) is 3.03. The maximum absolute atomic E-state index is 11.9. The fraction of sp³-hybridized carbons (Fsp3) is 0.294. The molecule has 0 saturated carbocycles. The first-order valence-corrected chi connectivity index (χ1v) is 7.40. The van der Waals surface area contributed by atoms with Crippen LogP contribution >= 0.6 is 0 Å². The molecule has 5 heteroatoms. The van der Waals surface area contributed by atoms with Gasteiger partial charge in [0.05, 0.1) is 0 Å². The molecule has 0 unspecified atom stereocenters. The molecule has 116 valence electrons. The lowest BCUT2D eigenvalue weighted by molar-refractivity contribution is 0.0949. The summed E-state index contributed by atoms with van der Waals surface area (Å²) in [6.45, 7) is 2.67. The summed E-state index contributed by atoms with van der Waals surface area (Å²) >= 11 is 0. The molecule has 0 aliphatic heterocycles. The first-order valence-electron chi connectivity index (χ1n) is 7.40. The highest BCUT2D eigenvalue weighted by Gasteiger charge is 2.07. The number of carbonyl (C=O) groups excluding carboxylic acids is 1. The fourth-order valence-corrected chi connectivity index (χ4v) is 1.97. The lowest BCUT2D eigenvalue weighted by atomic mass is 10.2. The zero-order chi connectivity index (χ0) is 15.9. The van der Waals surface area contributed by atoms with Crippen molar-refractivity contribution in [2.24, 2.45) is 0 Å². The average Bonchev–Trinajstić information content (AvgIpc) is 2.53. The van der Waals surface area contributed by atoms with Gasteiger partial charge in [0.2, 0.25) is 0 Å². The minimum absolute atomic E-state index is 0.146. The van der Waals surface area contributed by atoms with Crippen LogP contribution in [0.25, 0.3) is 0 Å². The van der Waals surface area contributed by atoms with Crippen molar-refractivity contribution in [2.75, 3.05) is 30.9 Å². The number of rotatable bonds is 6. The minimum Gasteiger partial charge on any atom is -0.378 e. The summed E-state index contributed by atoms with van der Waals surface area (Å²) in [6, 6.07) is 13.4. The van der Waals surface area contributed by atoms with Gasteiger partial charge in [-0.15, -0.1) is 0 Å². The topological polar surface area (TPSA) is 57.3 Å². The molecule has 2 N–H and O–H groups in total. The van der Waals surface area contributed by atoms with Crippen LogP contribution in [0.1, 0.15) is 23.8 Å². The van der Waals surface area contributed by atoms with Crippen LogP contribution in [0.4, 0.5) is 17.2 Å². The van der Waals surface area contributed by atoms with E-state index in [4.69, 9.17) is 0 Å². The molecule has 22 heavy (non-hydrogen) atoms. The Morgan fingerprint density at radius 2 is 1.95 bits per heavy atom.